The van der Waals surface area contributed by atoms with Gasteiger partial charge in [0.1, 0.15) is 4.90 Å². The zero-order valence-electron chi connectivity index (χ0n) is 16.5. The summed E-state index contributed by atoms with van der Waals surface area (Å²) in [5.74, 6) is -0.0404. The minimum atomic E-state index is -3.81. The van der Waals surface area contributed by atoms with Gasteiger partial charge in [-0.3, -0.25) is 4.79 Å². The third-order valence-electron chi connectivity index (χ3n) is 4.91. The molecule has 0 radical (unpaired) electrons. The maximum atomic E-state index is 12.8. The van der Waals surface area contributed by atoms with Crippen molar-refractivity contribution >= 4 is 39.1 Å². The lowest BCUT2D eigenvalue weighted by Gasteiger charge is -2.17. The third-order valence-corrected chi connectivity index (χ3v) is 7.20. The van der Waals surface area contributed by atoms with Crippen molar-refractivity contribution < 1.29 is 13.2 Å². The molecule has 0 heterocycles. The lowest BCUT2D eigenvalue weighted by Crippen LogP contribution is -2.29. The topological polar surface area (TPSA) is 75.3 Å². The van der Waals surface area contributed by atoms with Crippen LogP contribution >= 0.6 is 23.2 Å². The highest BCUT2D eigenvalue weighted by molar-refractivity contribution is 7.89. The van der Waals surface area contributed by atoms with Crippen molar-refractivity contribution in [2.75, 3.05) is 0 Å². The number of hydrogen-bond donors (Lipinski definition) is 2. The maximum Gasteiger partial charge on any atom is 0.253 e. The smallest absolute Gasteiger partial charge is 0.253 e. The number of rotatable bonds is 7. The molecular formula is C21H24Cl2N2O3S. The van der Waals surface area contributed by atoms with E-state index in [0.29, 0.717) is 5.92 Å². The first kappa shape index (κ1) is 22.1. The third kappa shape index (κ3) is 5.31. The van der Waals surface area contributed by atoms with Gasteiger partial charge in [0.15, 0.2) is 0 Å². The molecule has 1 atom stereocenters. The van der Waals surface area contributed by atoms with E-state index >= 15 is 0 Å². The number of halogens is 2. The SMILES string of the molecule is CC(C)c1ccc(C(C)NC(=O)c2cc(S(=O)(=O)NC3CC3)c(Cl)cc2Cl)cc1. The van der Waals surface area contributed by atoms with E-state index in [1.807, 2.05) is 31.2 Å². The molecule has 156 valence electrons. The largest absolute Gasteiger partial charge is 0.345 e. The van der Waals surface area contributed by atoms with Gasteiger partial charge in [0.2, 0.25) is 10.0 Å². The Kier molecular flexibility index (Phi) is 6.58. The maximum absolute atomic E-state index is 12.8. The van der Waals surface area contributed by atoms with E-state index in [2.05, 4.69) is 23.9 Å². The Morgan fingerprint density at radius 1 is 1.00 bits per heavy atom. The second kappa shape index (κ2) is 8.64. The summed E-state index contributed by atoms with van der Waals surface area (Å²) in [4.78, 5) is 12.7. The fraction of sp³-hybridized carbons (Fsp3) is 0.381. The molecule has 1 unspecified atom stereocenters. The van der Waals surface area contributed by atoms with Gasteiger partial charge in [-0.15, -0.1) is 0 Å². The van der Waals surface area contributed by atoms with E-state index < -0.39 is 15.9 Å². The van der Waals surface area contributed by atoms with Crippen molar-refractivity contribution in [1.29, 1.82) is 0 Å². The monoisotopic (exact) mass is 454 g/mol. The molecule has 8 heteroatoms. The summed E-state index contributed by atoms with van der Waals surface area (Å²) in [6.45, 7) is 6.09. The zero-order valence-corrected chi connectivity index (χ0v) is 18.8. The Morgan fingerprint density at radius 3 is 2.14 bits per heavy atom. The van der Waals surface area contributed by atoms with Gasteiger partial charge in [0.05, 0.1) is 21.7 Å². The van der Waals surface area contributed by atoms with Crippen LogP contribution < -0.4 is 10.0 Å². The number of carbonyl (C=O) groups excluding carboxylic acids is 1. The van der Waals surface area contributed by atoms with Gasteiger partial charge in [-0.2, -0.15) is 0 Å². The molecule has 0 spiro atoms. The highest BCUT2D eigenvalue weighted by Crippen LogP contribution is 2.31. The number of benzene rings is 2. The minimum absolute atomic E-state index is 0.0166. The van der Waals surface area contributed by atoms with Crippen LogP contribution in [0.15, 0.2) is 41.3 Å². The molecule has 5 nitrogen and oxygen atoms in total. The summed E-state index contributed by atoms with van der Waals surface area (Å²) in [7, 11) is -3.81. The van der Waals surface area contributed by atoms with Crippen LogP contribution in [0.3, 0.4) is 0 Å². The van der Waals surface area contributed by atoms with Crippen LogP contribution in [0.4, 0.5) is 0 Å². The molecule has 2 N–H and O–H groups in total. The quantitative estimate of drug-likeness (QED) is 0.614. The highest BCUT2D eigenvalue weighted by Gasteiger charge is 2.30. The van der Waals surface area contributed by atoms with Crippen molar-refractivity contribution in [3.05, 3.63) is 63.1 Å². The van der Waals surface area contributed by atoms with Crippen LogP contribution in [0, 0.1) is 0 Å². The number of nitrogens with one attached hydrogen (secondary N) is 2. The van der Waals surface area contributed by atoms with E-state index in [0.717, 1.165) is 18.4 Å². The Bertz CT molecular complexity index is 1020. The molecule has 2 aromatic carbocycles. The highest BCUT2D eigenvalue weighted by atomic mass is 35.5. The van der Waals surface area contributed by atoms with Gasteiger partial charge in [-0.25, -0.2) is 13.1 Å². The van der Waals surface area contributed by atoms with Crippen molar-refractivity contribution in [1.82, 2.24) is 10.0 Å². The van der Waals surface area contributed by atoms with Crippen molar-refractivity contribution in [2.45, 2.75) is 56.5 Å². The fourth-order valence-corrected chi connectivity index (χ4v) is 5.08. The number of hydrogen-bond acceptors (Lipinski definition) is 3. The van der Waals surface area contributed by atoms with Gasteiger partial charge in [0.25, 0.3) is 5.91 Å². The van der Waals surface area contributed by atoms with Crippen molar-refractivity contribution in [3.63, 3.8) is 0 Å². The van der Waals surface area contributed by atoms with Gasteiger partial charge < -0.3 is 5.32 Å². The van der Waals surface area contributed by atoms with Gasteiger partial charge in [-0.1, -0.05) is 61.3 Å². The van der Waals surface area contributed by atoms with Crippen molar-refractivity contribution in [3.8, 4) is 0 Å². The molecule has 1 aliphatic carbocycles. The van der Waals surface area contributed by atoms with E-state index in [9.17, 15) is 13.2 Å². The number of carbonyl (C=O) groups is 1. The van der Waals surface area contributed by atoms with Gasteiger partial charge >= 0.3 is 0 Å². The molecule has 1 aliphatic rings. The summed E-state index contributed by atoms with van der Waals surface area (Å²) in [5, 5.41) is 2.95. The van der Waals surface area contributed by atoms with Gasteiger partial charge in [-0.05, 0) is 48.9 Å². The molecule has 3 rings (SSSR count). The summed E-state index contributed by atoms with van der Waals surface area (Å²) in [5.41, 5.74) is 2.22. The molecule has 0 aliphatic heterocycles. The minimum Gasteiger partial charge on any atom is -0.345 e. The summed E-state index contributed by atoms with van der Waals surface area (Å²) in [6, 6.07) is 10.2. The molecule has 2 aromatic rings. The van der Waals surface area contributed by atoms with Crippen LogP contribution in [-0.4, -0.2) is 20.4 Å². The van der Waals surface area contributed by atoms with E-state index in [1.54, 1.807) is 0 Å². The Labute approximate surface area is 181 Å². The molecule has 0 aromatic heterocycles. The predicted octanol–water partition coefficient (Wildman–Crippen LogP) is 5.05. The first-order valence-corrected chi connectivity index (χ1v) is 11.7. The van der Waals surface area contributed by atoms with Crippen molar-refractivity contribution in [2.24, 2.45) is 0 Å². The summed E-state index contributed by atoms with van der Waals surface area (Å²) >= 11 is 12.3. The van der Waals surface area contributed by atoms with Gasteiger partial charge in [0, 0.05) is 6.04 Å². The zero-order chi connectivity index (χ0) is 21.3. The molecule has 1 fully saturated rings. The second-order valence-corrected chi connectivity index (χ2v) is 10.2. The Morgan fingerprint density at radius 2 is 1.59 bits per heavy atom. The van der Waals surface area contributed by atoms with E-state index in [4.69, 9.17) is 23.2 Å². The molecular weight excluding hydrogens is 431 g/mol. The average molecular weight is 455 g/mol. The second-order valence-electron chi connectivity index (χ2n) is 7.67. The lowest BCUT2D eigenvalue weighted by molar-refractivity contribution is 0.0940. The standard InChI is InChI=1S/C21H24Cl2N2O3S/c1-12(2)14-4-6-15(7-5-14)13(3)24-21(26)17-10-20(19(23)11-18(17)22)29(27,28)25-16-8-9-16/h4-7,10-13,16,25H,8-9H2,1-3H3,(H,24,26). The van der Waals surface area contributed by atoms with Crippen LogP contribution in [0.25, 0.3) is 0 Å². The number of amides is 1. The molecule has 1 saturated carbocycles. The predicted molar refractivity (Wildman–Crippen MR) is 116 cm³/mol. The molecule has 0 bridgehead atoms. The van der Waals surface area contributed by atoms with Crippen LogP contribution in [-0.2, 0) is 10.0 Å². The van der Waals surface area contributed by atoms with Crippen LogP contribution in [0.5, 0.6) is 0 Å². The first-order chi connectivity index (χ1) is 13.6. The van der Waals surface area contributed by atoms with Crippen LogP contribution in [0.1, 0.15) is 67.1 Å². The van der Waals surface area contributed by atoms with E-state index in [1.165, 1.54) is 17.7 Å². The Hall–Kier alpha value is -1.60. The normalized spacial score (nSPS) is 15.4. The Balaban J connectivity index is 1.82. The summed E-state index contributed by atoms with van der Waals surface area (Å²) < 4.78 is 27.7. The van der Waals surface area contributed by atoms with Crippen LogP contribution in [0.2, 0.25) is 10.0 Å². The number of sulfonamides is 1. The first-order valence-electron chi connectivity index (χ1n) is 9.50. The molecule has 29 heavy (non-hydrogen) atoms. The average Bonchev–Trinajstić information content (AvgIpc) is 3.44. The van der Waals surface area contributed by atoms with E-state index in [-0.39, 0.29) is 32.6 Å². The molecule has 0 saturated heterocycles. The summed E-state index contributed by atoms with van der Waals surface area (Å²) in [6.07, 6.45) is 1.59. The fourth-order valence-electron chi connectivity index (χ4n) is 2.92. The lowest BCUT2D eigenvalue weighted by atomic mass is 9.99. The molecule has 1 amide bonds.